The molecule has 2 rings (SSSR count). The fourth-order valence-electron chi connectivity index (χ4n) is 1.45. The van der Waals surface area contributed by atoms with Gasteiger partial charge in [-0.05, 0) is 24.3 Å². The average molecular weight is 216 g/mol. The van der Waals surface area contributed by atoms with Gasteiger partial charge in [0, 0.05) is 5.69 Å². The minimum atomic E-state index is -0.442. The lowest BCUT2D eigenvalue weighted by atomic mass is 10.1. The number of benzene rings is 1. The third kappa shape index (κ3) is 2.23. The van der Waals surface area contributed by atoms with Gasteiger partial charge in [-0.1, -0.05) is 12.1 Å². The number of hydrogen-bond donors (Lipinski definition) is 2. The van der Waals surface area contributed by atoms with Crippen LogP contribution in [0.5, 0.6) is 0 Å². The lowest BCUT2D eigenvalue weighted by Gasteiger charge is -2.08. The molecule has 0 aliphatic heterocycles. The Morgan fingerprint density at radius 1 is 1.25 bits per heavy atom. The van der Waals surface area contributed by atoms with Gasteiger partial charge < -0.3 is 15.5 Å². The molecule has 0 unspecified atom stereocenters. The van der Waals surface area contributed by atoms with E-state index in [0.717, 1.165) is 5.76 Å². The number of amides is 1. The zero-order chi connectivity index (χ0) is 11.4. The minimum absolute atomic E-state index is 0.442. The highest BCUT2D eigenvalue weighted by atomic mass is 16.3. The summed E-state index contributed by atoms with van der Waals surface area (Å²) >= 11 is 0. The van der Waals surface area contributed by atoms with E-state index in [-0.39, 0.29) is 0 Å². The van der Waals surface area contributed by atoms with Crippen LogP contribution >= 0.6 is 0 Å². The molecule has 4 heteroatoms. The molecule has 0 bridgehead atoms. The van der Waals surface area contributed by atoms with E-state index in [1.807, 2.05) is 24.3 Å². The Kier molecular flexibility index (Phi) is 2.91. The molecule has 0 saturated carbocycles. The van der Waals surface area contributed by atoms with Gasteiger partial charge in [-0.15, -0.1) is 0 Å². The largest absolute Gasteiger partial charge is 0.467 e. The Bertz CT molecular complexity index is 478. The molecule has 16 heavy (non-hydrogen) atoms. The normalized spacial score (nSPS) is 10.0. The minimum Gasteiger partial charge on any atom is -0.467 e. The van der Waals surface area contributed by atoms with Crippen LogP contribution in [0.2, 0.25) is 0 Å². The van der Waals surface area contributed by atoms with Gasteiger partial charge in [0.25, 0.3) is 5.91 Å². The maximum Gasteiger partial charge on any atom is 0.250 e. The number of para-hydroxylation sites is 1. The van der Waals surface area contributed by atoms with Crippen molar-refractivity contribution in [3.63, 3.8) is 0 Å². The number of nitrogens with two attached hydrogens (primary N) is 1. The fourth-order valence-corrected chi connectivity index (χ4v) is 1.45. The molecule has 82 valence electrons. The molecular weight excluding hydrogens is 204 g/mol. The smallest absolute Gasteiger partial charge is 0.250 e. The Morgan fingerprint density at radius 2 is 2.06 bits per heavy atom. The van der Waals surface area contributed by atoms with Crippen LogP contribution in [-0.4, -0.2) is 5.91 Å². The first-order chi connectivity index (χ1) is 7.77. The van der Waals surface area contributed by atoms with Gasteiger partial charge >= 0.3 is 0 Å². The average Bonchev–Trinajstić information content (AvgIpc) is 2.79. The van der Waals surface area contributed by atoms with Crippen LogP contribution in [0.15, 0.2) is 47.1 Å². The highest BCUT2D eigenvalue weighted by Gasteiger charge is 2.06. The molecule has 0 saturated heterocycles. The third-order valence-corrected chi connectivity index (χ3v) is 2.23. The second kappa shape index (κ2) is 4.53. The van der Waals surface area contributed by atoms with E-state index >= 15 is 0 Å². The molecule has 1 amide bonds. The first-order valence-electron chi connectivity index (χ1n) is 4.92. The predicted molar refractivity (Wildman–Crippen MR) is 61.0 cm³/mol. The van der Waals surface area contributed by atoms with E-state index in [0.29, 0.717) is 17.8 Å². The summed E-state index contributed by atoms with van der Waals surface area (Å²) in [6, 6.07) is 10.8. The number of primary amides is 1. The van der Waals surface area contributed by atoms with Crippen molar-refractivity contribution in [1.82, 2.24) is 0 Å². The molecule has 0 atom stereocenters. The van der Waals surface area contributed by atoms with Crippen LogP contribution in [0.25, 0.3) is 0 Å². The third-order valence-electron chi connectivity index (χ3n) is 2.23. The summed E-state index contributed by atoms with van der Waals surface area (Å²) in [5, 5.41) is 3.10. The monoisotopic (exact) mass is 216 g/mol. The molecule has 0 aliphatic rings. The number of furan rings is 1. The number of carbonyl (C=O) groups excluding carboxylic acids is 1. The zero-order valence-corrected chi connectivity index (χ0v) is 8.64. The number of hydrogen-bond acceptors (Lipinski definition) is 3. The summed E-state index contributed by atoms with van der Waals surface area (Å²) in [5.74, 6) is 0.363. The molecule has 1 heterocycles. The van der Waals surface area contributed by atoms with E-state index in [2.05, 4.69) is 5.32 Å². The van der Waals surface area contributed by atoms with Gasteiger partial charge in [0.2, 0.25) is 0 Å². The standard InChI is InChI=1S/C12H12N2O2/c13-12(15)10-5-1-2-6-11(10)14-8-9-4-3-7-16-9/h1-7,14H,8H2,(H2,13,15). The van der Waals surface area contributed by atoms with E-state index in [4.69, 9.17) is 10.2 Å². The van der Waals surface area contributed by atoms with Crippen LogP contribution in [0.1, 0.15) is 16.1 Å². The molecule has 3 N–H and O–H groups in total. The van der Waals surface area contributed by atoms with E-state index < -0.39 is 5.91 Å². The van der Waals surface area contributed by atoms with Crippen molar-refractivity contribution in [2.45, 2.75) is 6.54 Å². The number of rotatable bonds is 4. The Labute approximate surface area is 93.1 Å². The maximum atomic E-state index is 11.1. The summed E-state index contributed by atoms with van der Waals surface area (Å²) in [7, 11) is 0. The first-order valence-corrected chi connectivity index (χ1v) is 4.92. The van der Waals surface area contributed by atoms with Gasteiger partial charge in [-0.25, -0.2) is 0 Å². The molecule has 0 aliphatic carbocycles. The lowest BCUT2D eigenvalue weighted by molar-refractivity contribution is 0.100. The molecule has 1 aromatic heterocycles. The summed E-state index contributed by atoms with van der Waals surface area (Å²) in [5.41, 5.74) is 6.46. The Morgan fingerprint density at radius 3 is 2.75 bits per heavy atom. The summed E-state index contributed by atoms with van der Waals surface area (Å²) in [6.45, 7) is 0.525. The quantitative estimate of drug-likeness (QED) is 0.821. The van der Waals surface area contributed by atoms with Crippen LogP contribution in [-0.2, 0) is 6.54 Å². The van der Waals surface area contributed by atoms with E-state index in [9.17, 15) is 4.79 Å². The van der Waals surface area contributed by atoms with Crippen LogP contribution < -0.4 is 11.1 Å². The number of carbonyl (C=O) groups is 1. The lowest BCUT2D eigenvalue weighted by Crippen LogP contribution is -2.14. The molecular formula is C12H12N2O2. The number of anilines is 1. The summed E-state index contributed by atoms with van der Waals surface area (Å²) < 4.78 is 5.18. The van der Waals surface area contributed by atoms with Gasteiger partial charge in [0.15, 0.2) is 0 Å². The molecule has 4 nitrogen and oxygen atoms in total. The van der Waals surface area contributed by atoms with Crippen molar-refractivity contribution in [2.24, 2.45) is 5.73 Å². The Hall–Kier alpha value is -2.23. The highest BCUT2D eigenvalue weighted by molar-refractivity contribution is 5.98. The molecule has 0 radical (unpaired) electrons. The van der Waals surface area contributed by atoms with Crippen LogP contribution in [0.4, 0.5) is 5.69 Å². The van der Waals surface area contributed by atoms with Crippen molar-refractivity contribution < 1.29 is 9.21 Å². The van der Waals surface area contributed by atoms with Gasteiger partial charge in [0.05, 0.1) is 18.4 Å². The summed E-state index contributed by atoms with van der Waals surface area (Å²) in [6.07, 6.45) is 1.61. The first kappa shape index (κ1) is 10.3. The molecule has 0 spiro atoms. The van der Waals surface area contributed by atoms with Crippen molar-refractivity contribution in [2.75, 3.05) is 5.32 Å². The highest BCUT2D eigenvalue weighted by Crippen LogP contribution is 2.15. The maximum absolute atomic E-state index is 11.1. The van der Waals surface area contributed by atoms with Gasteiger partial charge in [0.1, 0.15) is 5.76 Å². The van der Waals surface area contributed by atoms with E-state index in [1.54, 1.807) is 18.4 Å². The van der Waals surface area contributed by atoms with Gasteiger partial charge in [-0.3, -0.25) is 4.79 Å². The SMILES string of the molecule is NC(=O)c1ccccc1NCc1ccco1. The van der Waals surface area contributed by atoms with Gasteiger partial charge in [-0.2, -0.15) is 0 Å². The molecule has 0 fully saturated rings. The fraction of sp³-hybridized carbons (Fsp3) is 0.0833. The van der Waals surface area contributed by atoms with Crippen molar-refractivity contribution in [1.29, 1.82) is 0 Å². The second-order valence-corrected chi connectivity index (χ2v) is 3.34. The Balaban J connectivity index is 2.12. The summed E-state index contributed by atoms with van der Waals surface area (Å²) in [4.78, 5) is 11.1. The number of nitrogens with one attached hydrogen (secondary N) is 1. The predicted octanol–water partition coefficient (Wildman–Crippen LogP) is 1.99. The van der Waals surface area contributed by atoms with Crippen molar-refractivity contribution in [3.05, 3.63) is 54.0 Å². The molecule has 1 aromatic carbocycles. The second-order valence-electron chi connectivity index (χ2n) is 3.34. The topological polar surface area (TPSA) is 68.3 Å². The molecule has 2 aromatic rings. The van der Waals surface area contributed by atoms with Crippen LogP contribution in [0.3, 0.4) is 0 Å². The van der Waals surface area contributed by atoms with E-state index in [1.165, 1.54) is 0 Å². The van der Waals surface area contributed by atoms with Crippen molar-refractivity contribution in [3.8, 4) is 0 Å². The van der Waals surface area contributed by atoms with Crippen molar-refractivity contribution >= 4 is 11.6 Å². The zero-order valence-electron chi connectivity index (χ0n) is 8.64. The van der Waals surface area contributed by atoms with Crippen LogP contribution in [0, 0.1) is 0 Å².